The van der Waals surface area contributed by atoms with Crippen molar-refractivity contribution in [3.8, 4) is 17.2 Å². The molecular formula is C27H33ClN2O6. The standard InChI is InChI=1S/C27H33ClN2O6/c1-7-35-18-9-10-20(28)19(15-18)25(31)23-24(30(13-12-29(4)5)27(33)26(23)32)17-8-11-21(36-16(2)3)22(14-17)34-6/h8-11,14-16,24,31H,7,12-13H2,1-6H3/b25-23+. The third kappa shape index (κ3) is 5.77. The summed E-state index contributed by atoms with van der Waals surface area (Å²) in [5.41, 5.74) is 0.762. The van der Waals surface area contributed by atoms with Crippen LogP contribution < -0.4 is 14.2 Å². The number of ketones is 1. The number of halogens is 1. The van der Waals surface area contributed by atoms with E-state index in [1.807, 2.05) is 39.8 Å². The number of amides is 1. The molecule has 194 valence electrons. The summed E-state index contributed by atoms with van der Waals surface area (Å²) in [5.74, 6) is -0.361. The highest BCUT2D eigenvalue weighted by Crippen LogP contribution is 2.43. The van der Waals surface area contributed by atoms with Gasteiger partial charge in [-0.3, -0.25) is 9.59 Å². The van der Waals surface area contributed by atoms with Gasteiger partial charge in [0.25, 0.3) is 11.7 Å². The molecule has 0 spiro atoms. The third-order valence-corrected chi connectivity index (χ3v) is 6.03. The fourth-order valence-corrected chi connectivity index (χ4v) is 4.26. The van der Waals surface area contributed by atoms with E-state index in [0.717, 1.165) is 0 Å². The van der Waals surface area contributed by atoms with Crippen molar-refractivity contribution in [3.05, 3.63) is 58.1 Å². The quantitative estimate of drug-likeness (QED) is 0.282. The van der Waals surface area contributed by atoms with Crippen molar-refractivity contribution in [2.45, 2.75) is 32.9 Å². The Morgan fingerprint density at radius 3 is 2.47 bits per heavy atom. The molecule has 1 saturated heterocycles. The van der Waals surface area contributed by atoms with E-state index >= 15 is 0 Å². The van der Waals surface area contributed by atoms with Crippen LogP contribution in [0, 0.1) is 0 Å². The number of likely N-dealkylation sites (N-methyl/N-ethyl adjacent to an activating group) is 1. The number of Topliss-reactive ketones (excluding diaryl/α,β-unsaturated/α-hetero) is 1. The molecule has 2 aromatic rings. The van der Waals surface area contributed by atoms with E-state index in [9.17, 15) is 14.7 Å². The molecule has 1 fully saturated rings. The second kappa shape index (κ2) is 11.7. The fraction of sp³-hybridized carbons (Fsp3) is 0.407. The minimum absolute atomic E-state index is 0.0473. The van der Waals surface area contributed by atoms with Gasteiger partial charge < -0.3 is 29.1 Å². The van der Waals surface area contributed by atoms with Gasteiger partial charge >= 0.3 is 0 Å². The number of benzene rings is 2. The average Bonchev–Trinajstić information content (AvgIpc) is 3.08. The van der Waals surface area contributed by atoms with Gasteiger partial charge in [0, 0.05) is 18.7 Å². The van der Waals surface area contributed by atoms with Crippen LogP contribution in [0.5, 0.6) is 17.2 Å². The molecule has 36 heavy (non-hydrogen) atoms. The zero-order valence-electron chi connectivity index (χ0n) is 21.5. The topological polar surface area (TPSA) is 88.5 Å². The summed E-state index contributed by atoms with van der Waals surface area (Å²) in [7, 11) is 5.28. The summed E-state index contributed by atoms with van der Waals surface area (Å²) < 4.78 is 16.9. The van der Waals surface area contributed by atoms with Gasteiger partial charge in [0.1, 0.15) is 11.5 Å². The first-order chi connectivity index (χ1) is 17.1. The predicted octanol–water partition coefficient (Wildman–Crippen LogP) is 4.52. The molecule has 1 aliphatic rings. The van der Waals surface area contributed by atoms with E-state index in [4.69, 9.17) is 25.8 Å². The zero-order valence-corrected chi connectivity index (χ0v) is 22.3. The Kier molecular flexibility index (Phi) is 8.87. The highest BCUT2D eigenvalue weighted by molar-refractivity contribution is 6.47. The monoisotopic (exact) mass is 516 g/mol. The number of carbonyl (C=O) groups excluding carboxylic acids is 2. The second-order valence-electron chi connectivity index (χ2n) is 8.95. The Labute approximate surface area is 217 Å². The summed E-state index contributed by atoms with van der Waals surface area (Å²) >= 11 is 6.40. The van der Waals surface area contributed by atoms with Gasteiger partial charge in [0.05, 0.1) is 36.5 Å². The largest absolute Gasteiger partial charge is 0.507 e. The molecule has 0 radical (unpaired) electrons. The number of aliphatic hydroxyl groups excluding tert-OH is 1. The van der Waals surface area contributed by atoms with Gasteiger partial charge in [-0.05, 0) is 70.8 Å². The molecule has 1 aliphatic heterocycles. The highest BCUT2D eigenvalue weighted by atomic mass is 35.5. The molecule has 0 aromatic heterocycles. The SMILES string of the molecule is CCOc1ccc(Cl)c(/C(O)=C2\C(=O)C(=O)N(CCN(C)C)C2c2ccc(OC(C)C)c(OC)c2)c1. The van der Waals surface area contributed by atoms with Gasteiger partial charge in [-0.25, -0.2) is 0 Å². The molecule has 0 aliphatic carbocycles. The lowest BCUT2D eigenvalue weighted by molar-refractivity contribution is -0.140. The molecule has 1 amide bonds. The molecule has 1 atom stereocenters. The van der Waals surface area contributed by atoms with Crippen LogP contribution in [-0.4, -0.2) is 73.6 Å². The van der Waals surface area contributed by atoms with Crippen LogP contribution in [0.15, 0.2) is 42.0 Å². The van der Waals surface area contributed by atoms with Crippen molar-refractivity contribution in [3.63, 3.8) is 0 Å². The molecule has 2 aromatic carbocycles. The van der Waals surface area contributed by atoms with Crippen LogP contribution >= 0.6 is 11.6 Å². The number of nitrogens with zero attached hydrogens (tertiary/aromatic N) is 2. The Bertz CT molecular complexity index is 1160. The van der Waals surface area contributed by atoms with Gasteiger partial charge in [0.15, 0.2) is 11.5 Å². The summed E-state index contributed by atoms with van der Waals surface area (Å²) in [6.07, 6.45) is -0.0739. The Morgan fingerprint density at radius 2 is 1.86 bits per heavy atom. The average molecular weight is 517 g/mol. The first-order valence-corrected chi connectivity index (χ1v) is 12.2. The van der Waals surface area contributed by atoms with Crippen LogP contribution in [0.4, 0.5) is 0 Å². The normalized spacial score (nSPS) is 17.2. The fourth-order valence-electron chi connectivity index (χ4n) is 4.06. The van der Waals surface area contributed by atoms with Crippen molar-refractivity contribution in [2.24, 2.45) is 0 Å². The first-order valence-electron chi connectivity index (χ1n) is 11.8. The number of ether oxygens (including phenoxy) is 3. The molecule has 0 bridgehead atoms. The molecule has 3 rings (SSSR count). The zero-order chi connectivity index (χ0) is 26.6. The molecule has 0 saturated carbocycles. The van der Waals surface area contributed by atoms with Crippen LogP contribution in [-0.2, 0) is 9.59 Å². The van der Waals surface area contributed by atoms with E-state index in [0.29, 0.717) is 36.0 Å². The van der Waals surface area contributed by atoms with E-state index in [1.165, 1.54) is 12.0 Å². The predicted molar refractivity (Wildman–Crippen MR) is 139 cm³/mol. The summed E-state index contributed by atoms with van der Waals surface area (Å²) in [6.45, 7) is 6.87. The number of hydrogen-bond acceptors (Lipinski definition) is 7. The van der Waals surface area contributed by atoms with E-state index in [-0.39, 0.29) is 34.6 Å². The lowest BCUT2D eigenvalue weighted by Gasteiger charge is -2.27. The Morgan fingerprint density at radius 1 is 1.14 bits per heavy atom. The minimum Gasteiger partial charge on any atom is -0.507 e. The van der Waals surface area contributed by atoms with Crippen molar-refractivity contribution < 1.29 is 28.9 Å². The van der Waals surface area contributed by atoms with Crippen molar-refractivity contribution in [2.75, 3.05) is 40.9 Å². The maximum atomic E-state index is 13.3. The number of aliphatic hydroxyl groups is 1. The highest BCUT2D eigenvalue weighted by Gasteiger charge is 2.46. The van der Waals surface area contributed by atoms with Gasteiger partial charge in [-0.15, -0.1) is 0 Å². The first kappa shape index (κ1) is 27.4. The summed E-state index contributed by atoms with van der Waals surface area (Å²) in [4.78, 5) is 29.8. The number of carbonyl (C=O) groups is 2. The number of likely N-dealkylation sites (tertiary alicyclic amines) is 1. The Hall–Kier alpha value is -3.23. The maximum Gasteiger partial charge on any atom is 0.295 e. The molecule has 1 heterocycles. The molecule has 1 N–H and O–H groups in total. The smallest absolute Gasteiger partial charge is 0.295 e. The summed E-state index contributed by atoms with van der Waals surface area (Å²) in [5, 5.41) is 11.6. The maximum absolute atomic E-state index is 13.3. The van der Waals surface area contributed by atoms with Crippen LogP contribution in [0.25, 0.3) is 5.76 Å². The van der Waals surface area contributed by atoms with Crippen LogP contribution in [0.3, 0.4) is 0 Å². The van der Waals surface area contributed by atoms with Gasteiger partial charge in [0.2, 0.25) is 0 Å². The van der Waals surface area contributed by atoms with Gasteiger partial charge in [-0.1, -0.05) is 17.7 Å². The number of rotatable bonds is 10. The third-order valence-electron chi connectivity index (χ3n) is 5.70. The van der Waals surface area contributed by atoms with Crippen molar-refractivity contribution >= 4 is 29.1 Å². The summed E-state index contributed by atoms with van der Waals surface area (Å²) in [6, 6.07) is 9.20. The van der Waals surface area contributed by atoms with E-state index in [2.05, 4.69) is 0 Å². The number of hydrogen-bond donors (Lipinski definition) is 1. The number of methoxy groups -OCH3 is 1. The van der Waals surface area contributed by atoms with E-state index in [1.54, 1.807) is 36.4 Å². The lowest BCUT2D eigenvalue weighted by atomic mass is 9.94. The second-order valence-corrected chi connectivity index (χ2v) is 9.35. The lowest BCUT2D eigenvalue weighted by Crippen LogP contribution is -2.35. The molecular weight excluding hydrogens is 484 g/mol. The molecule has 1 unspecified atom stereocenters. The van der Waals surface area contributed by atoms with Gasteiger partial charge in [-0.2, -0.15) is 0 Å². The van der Waals surface area contributed by atoms with Crippen LogP contribution in [0.1, 0.15) is 37.9 Å². The van der Waals surface area contributed by atoms with Crippen LogP contribution in [0.2, 0.25) is 5.02 Å². The van der Waals surface area contributed by atoms with Crippen molar-refractivity contribution in [1.29, 1.82) is 0 Å². The van der Waals surface area contributed by atoms with E-state index < -0.39 is 17.7 Å². The Balaban J connectivity index is 2.21. The molecule has 9 heteroatoms. The van der Waals surface area contributed by atoms with Crippen molar-refractivity contribution in [1.82, 2.24) is 9.80 Å². The molecule has 8 nitrogen and oxygen atoms in total. The minimum atomic E-state index is -0.848.